The van der Waals surface area contributed by atoms with Gasteiger partial charge in [0.25, 0.3) is 0 Å². The van der Waals surface area contributed by atoms with Gasteiger partial charge in [-0.05, 0) is 37.6 Å². The van der Waals surface area contributed by atoms with E-state index in [0.29, 0.717) is 5.82 Å². The summed E-state index contributed by atoms with van der Waals surface area (Å²) in [5.41, 5.74) is 2.69. The minimum Gasteiger partial charge on any atom is -0.508 e. The molecule has 0 aliphatic carbocycles. The first-order chi connectivity index (χ1) is 9.06. The molecule has 1 amide bonds. The number of anilines is 1. The molecule has 0 aliphatic heterocycles. The molecule has 1 heterocycles. The van der Waals surface area contributed by atoms with E-state index in [1.165, 1.54) is 6.08 Å². The van der Waals surface area contributed by atoms with Gasteiger partial charge in [0.1, 0.15) is 5.75 Å². The van der Waals surface area contributed by atoms with Gasteiger partial charge < -0.3 is 10.4 Å². The minimum atomic E-state index is -0.248. The maximum Gasteiger partial charge on any atom is 0.249 e. The van der Waals surface area contributed by atoms with Gasteiger partial charge in [-0.2, -0.15) is 5.10 Å². The van der Waals surface area contributed by atoms with Crippen LogP contribution < -0.4 is 5.32 Å². The van der Waals surface area contributed by atoms with Crippen molar-refractivity contribution in [2.24, 2.45) is 0 Å². The Hall–Kier alpha value is -2.56. The number of hydrogen-bond donors (Lipinski definition) is 3. The number of aryl methyl sites for hydroxylation is 1. The largest absolute Gasteiger partial charge is 0.508 e. The Morgan fingerprint density at radius 3 is 2.58 bits per heavy atom. The van der Waals surface area contributed by atoms with Crippen LogP contribution in [0.2, 0.25) is 0 Å². The molecule has 0 unspecified atom stereocenters. The smallest absolute Gasteiger partial charge is 0.249 e. The summed E-state index contributed by atoms with van der Waals surface area (Å²) in [5, 5.41) is 18.6. The SMILES string of the molecule is Cc1[nH]nc(NC(=O)/C=C/c2ccc(O)cc2)c1C. The fourth-order valence-corrected chi connectivity index (χ4v) is 1.52. The third-order valence-corrected chi connectivity index (χ3v) is 2.81. The molecule has 0 atom stereocenters. The van der Waals surface area contributed by atoms with Gasteiger partial charge in [-0.1, -0.05) is 12.1 Å². The number of benzene rings is 1. The quantitative estimate of drug-likeness (QED) is 0.739. The standard InChI is InChI=1S/C14H15N3O2/c1-9-10(2)16-17-14(9)15-13(19)8-5-11-3-6-12(18)7-4-11/h3-8,18H,1-2H3,(H2,15,16,17,19)/b8-5+. The molecule has 0 aliphatic rings. The molecule has 3 N–H and O–H groups in total. The monoisotopic (exact) mass is 257 g/mol. The highest BCUT2D eigenvalue weighted by atomic mass is 16.3. The lowest BCUT2D eigenvalue weighted by Crippen LogP contribution is -2.09. The fourth-order valence-electron chi connectivity index (χ4n) is 1.52. The van der Waals surface area contributed by atoms with Crippen LogP contribution in [0.3, 0.4) is 0 Å². The topological polar surface area (TPSA) is 78.0 Å². The number of carbonyl (C=O) groups is 1. The zero-order valence-electron chi connectivity index (χ0n) is 10.8. The highest BCUT2D eigenvalue weighted by Crippen LogP contribution is 2.14. The molecule has 0 bridgehead atoms. The van der Waals surface area contributed by atoms with E-state index in [0.717, 1.165) is 16.8 Å². The van der Waals surface area contributed by atoms with E-state index < -0.39 is 0 Å². The number of phenolic OH excluding ortho intramolecular Hbond substituents is 1. The molecular weight excluding hydrogens is 242 g/mol. The highest BCUT2D eigenvalue weighted by molar-refractivity contribution is 6.01. The third kappa shape index (κ3) is 3.22. The molecule has 5 nitrogen and oxygen atoms in total. The molecule has 0 fully saturated rings. The van der Waals surface area contributed by atoms with Crippen molar-refractivity contribution in [3.05, 3.63) is 47.2 Å². The number of phenols is 1. The summed E-state index contributed by atoms with van der Waals surface area (Å²) in [5.74, 6) is 0.491. The first kappa shape index (κ1) is 12.9. The number of nitrogens with one attached hydrogen (secondary N) is 2. The van der Waals surface area contributed by atoms with Gasteiger partial charge in [0.15, 0.2) is 5.82 Å². The summed E-state index contributed by atoms with van der Waals surface area (Å²) in [6.07, 6.45) is 3.10. The van der Waals surface area contributed by atoms with Gasteiger partial charge in [-0.15, -0.1) is 0 Å². The zero-order chi connectivity index (χ0) is 13.8. The number of H-pyrrole nitrogens is 1. The second-order valence-corrected chi connectivity index (χ2v) is 4.24. The van der Waals surface area contributed by atoms with Gasteiger partial charge in [0, 0.05) is 17.3 Å². The Kier molecular flexibility index (Phi) is 3.66. The summed E-state index contributed by atoms with van der Waals surface area (Å²) >= 11 is 0. The molecular formula is C14H15N3O2. The summed E-state index contributed by atoms with van der Waals surface area (Å²) in [6.45, 7) is 3.78. The van der Waals surface area contributed by atoms with Crippen LogP contribution in [-0.2, 0) is 4.79 Å². The van der Waals surface area contributed by atoms with E-state index in [1.54, 1.807) is 30.3 Å². The maximum absolute atomic E-state index is 11.7. The molecule has 2 rings (SSSR count). The van der Waals surface area contributed by atoms with E-state index in [4.69, 9.17) is 5.11 Å². The zero-order valence-corrected chi connectivity index (χ0v) is 10.8. The van der Waals surface area contributed by atoms with E-state index in [9.17, 15) is 4.79 Å². The van der Waals surface area contributed by atoms with E-state index in [-0.39, 0.29) is 11.7 Å². The Morgan fingerprint density at radius 2 is 2.00 bits per heavy atom. The molecule has 0 saturated carbocycles. The van der Waals surface area contributed by atoms with E-state index >= 15 is 0 Å². The second-order valence-electron chi connectivity index (χ2n) is 4.24. The van der Waals surface area contributed by atoms with Crippen molar-refractivity contribution >= 4 is 17.8 Å². The molecule has 1 aromatic carbocycles. The molecule has 0 radical (unpaired) electrons. The van der Waals surface area contributed by atoms with Crippen LogP contribution in [0.1, 0.15) is 16.8 Å². The van der Waals surface area contributed by atoms with E-state index in [2.05, 4.69) is 15.5 Å². The van der Waals surface area contributed by atoms with Gasteiger partial charge in [0.05, 0.1) is 0 Å². The van der Waals surface area contributed by atoms with Gasteiger partial charge >= 0.3 is 0 Å². The maximum atomic E-state index is 11.7. The summed E-state index contributed by atoms with van der Waals surface area (Å²) in [6, 6.07) is 6.59. The van der Waals surface area contributed by atoms with Crippen molar-refractivity contribution in [1.82, 2.24) is 10.2 Å². The molecule has 98 valence electrons. The first-order valence-corrected chi connectivity index (χ1v) is 5.86. The van der Waals surface area contributed by atoms with Gasteiger partial charge in [-0.3, -0.25) is 9.89 Å². The van der Waals surface area contributed by atoms with Crippen LogP contribution in [-0.4, -0.2) is 21.2 Å². The first-order valence-electron chi connectivity index (χ1n) is 5.86. The van der Waals surface area contributed by atoms with Crippen LogP contribution >= 0.6 is 0 Å². The van der Waals surface area contributed by atoms with Gasteiger partial charge in [0.2, 0.25) is 5.91 Å². The third-order valence-electron chi connectivity index (χ3n) is 2.81. The number of nitrogens with zero attached hydrogens (tertiary/aromatic N) is 1. The number of aromatic hydroxyl groups is 1. The molecule has 0 saturated heterocycles. The molecule has 5 heteroatoms. The molecule has 2 aromatic rings. The number of carbonyl (C=O) groups excluding carboxylic acids is 1. The lowest BCUT2D eigenvalue weighted by atomic mass is 10.2. The molecule has 1 aromatic heterocycles. The number of aromatic nitrogens is 2. The van der Waals surface area contributed by atoms with Crippen molar-refractivity contribution in [1.29, 1.82) is 0 Å². The second kappa shape index (κ2) is 5.39. The predicted octanol–water partition coefficient (Wildman–Crippen LogP) is 2.38. The average molecular weight is 257 g/mol. The van der Waals surface area contributed by atoms with Crippen LogP contribution in [0.4, 0.5) is 5.82 Å². The predicted molar refractivity (Wildman–Crippen MR) is 73.8 cm³/mol. The summed E-state index contributed by atoms with van der Waals surface area (Å²) in [7, 11) is 0. The number of aromatic amines is 1. The number of rotatable bonds is 3. The Balaban J connectivity index is 2.01. The Labute approximate surface area is 111 Å². The molecule has 19 heavy (non-hydrogen) atoms. The summed E-state index contributed by atoms with van der Waals surface area (Å²) in [4.78, 5) is 11.7. The Bertz CT molecular complexity index is 612. The van der Waals surface area contributed by atoms with Crippen molar-refractivity contribution in [2.75, 3.05) is 5.32 Å². The van der Waals surface area contributed by atoms with Crippen LogP contribution in [0.5, 0.6) is 5.75 Å². The average Bonchev–Trinajstić information content (AvgIpc) is 2.70. The van der Waals surface area contributed by atoms with Crippen LogP contribution in [0.25, 0.3) is 6.08 Å². The number of amides is 1. The van der Waals surface area contributed by atoms with Crippen molar-refractivity contribution in [2.45, 2.75) is 13.8 Å². The van der Waals surface area contributed by atoms with Crippen molar-refractivity contribution in [3.8, 4) is 5.75 Å². The van der Waals surface area contributed by atoms with E-state index in [1.807, 2.05) is 13.8 Å². The minimum absolute atomic E-state index is 0.198. The number of hydrogen-bond acceptors (Lipinski definition) is 3. The van der Waals surface area contributed by atoms with Gasteiger partial charge in [-0.25, -0.2) is 0 Å². The lowest BCUT2D eigenvalue weighted by molar-refractivity contribution is -0.111. The van der Waals surface area contributed by atoms with Crippen LogP contribution in [0, 0.1) is 13.8 Å². The van der Waals surface area contributed by atoms with Crippen LogP contribution in [0.15, 0.2) is 30.3 Å². The molecule has 0 spiro atoms. The van der Waals surface area contributed by atoms with Crippen molar-refractivity contribution in [3.63, 3.8) is 0 Å². The fraction of sp³-hybridized carbons (Fsp3) is 0.143. The normalized spacial score (nSPS) is 10.8. The summed E-state index contributed by atoms with van der Waals surface area (Å²) < 4.78 is 0. The van der Waals surface area contributed by atoms with Crippen molar-refractivity contribution < 1.29 is 9.90 Å². The highest BCUT2D eigenvalue weighted by Gasteiger charge is 2.06. The Morgan fingerprint density at radius 1 is 1.32 bits per heavy atom. The lowest BCUT2D eigenvalue weighted by Gasteiger charge is -1.99.